The van der Waals surface area contributed by atoms with Gasteiger partial charge in [-0.3, -0.25) is 14.3 Å². The molecule has 2 N–H and O–H groups in total. The van der Waals surface area contributed by atoms with Crippen molar-refractivity contribution in [3.8, 4) is 0 Å². The largest absolute Gasteiger partial charge is 0.364 e. The molecule has 0 atom stereocenters. The molecule has 2 amide bonds. The molecule has 2 aromatic heterocycles. The zero-order chi connectivity index (χ0) is 19.2. The minimum Gasteiger partial charge on any atom is -0.364 e. The van der Waals surface area contributed by atoms with E-state index in [1.54, 1.807) is 35.1 Å². The van der Waals surface area contributed by atoms with Crippen LogP contribution in [-0.2, 0) is 17.9 Å². The van der Waals surface area contributed by atoms with Gasteiger partial charge in [0.2, 0.25) is 5.91 Å². The van der Waals surface area contributed by atoms with Gasteiger partial charge in [0.05, 0.1) is 12.7 Å². The highest BCUT2D eigenvalue weighted by atomic mass is 16.2. The average molecular weight is 366 g/mol. The Labute approximate surface area is 157 Å². The molecule has 1 aromatic carbocycles. The second-order valence-electron chi connectivity index (χ2n) is 6.22. The molecule has 8 nitrogen and oxygen atoms in total. The summed E-state index contributed by atoms with van der Waals surface area (Å²) < 4.78 is 3.56. The molecule has 1 aliphatic rings. The van der Waals surface area contributed by atoms with Gasteiger partial charge in [-0.05, 0) is 18.1 Å². The lowest BCUT2D eigenvalue weighted by Gasteiger charge is -2.13. The first-order chi connectivity index (χ1) is 13.0. The van der Waals surface area contributed by atoms with Crippen molar-refractivity contribution in [3.05, 3.63) is 66.1 Å². The summed E-state index contributed by atoms with van der Waals surface area (Å²) in [5.41, 5.74) is 6.54. The van der Waals surface area contributed by atoms with Crippen molar-refractivity contribution in [1.29, 1.82) is 0 Å². The van der Waals surface area contributed by atoms with Gasteiger partial charge in [0, 0.05) is 32.3 Å². The number of hydrogen-bond acceptors (Lipinski definition) is 4. The highest BCUT2D eigenvalue weighted by molar-refractivity contribution is 5.92. The molecular formula is C19H22N6O2. The summed E-state index contributed by atoms with van der Waals surface area (Å²) >= 11 is 0. The molecule has 27 heavy (non-hydrogen) atoms. The minimum atomic E-state index is -0.498. The number of anilines is 1. The third-order valence-corrected chi connectivity index (χ3v) is 4.25. The van der Waals surface area contributed by atoms with E-state index in [1.807, 2.05) is 41.1 Å². The molecule has 0 spiro atoms. The molecule has 3 heterocycles. The van der Waals surface area contributed by atoms with Crippen LogP contribution in [0.5, 0.6) is 0 Å². The molecule has 0 saturated heterocycles. The minimum absolute atomic E-state index is 0.175. The van der Waals surface area contributed by atoms with Gasteiger partial charge in [0.1, 0.15) is 11.5 Å². The van der Waals surface area contributed by atoms with Crippen molar-refractivity contribution in [2.24, 2.45) is 5.73 Å². The fourth-order valence-electron chi connectivity index (χ4n) is 2.81. The van der Waals surface area contributed by atoms with E-state index in [-0.39, 0.29) is 5.91 Å². The lowest BCUT2D eigenvalue weighted by atomic mass is 10.2. The maximum Gasteiger partial charge on any atom is 0.269 e. The van der Waals surface area contributed by atoms with E-state index < -0.39 is 5.91 Å². The van der Waals surface area contributed by atoms with Crippen LogP contribution in [0.1, 0.15) is 28.9 Å². The lowest BCUT2D eigenvalue weighted by Crippen LogP contribution is -2.25. The van der Waals surface area contributed by atoms with Crippen LogP contribution >= 0.6 is 0 Å². The molecule has 8 heteroatoms. The summed E-state index contributed by atoms with van der Waals surface area (Å²) in [5, 5.41) is 8.17. The van der Waals surface area contributed by atoms with Crippen molar-refractivity contribution >= 4 is 17.6 Å². The predicted octanol–water partition coefficient (Wildman–Crippen LogP) is 1.67. The van der Waals surface area contributed by atoms with E-state index in [4.69, 9.17) is 5.73 Å². The lowest BCUT2D eigenvalue weighted by molar-refractivity contribution is -0.118. The third-order valence-electron chi connectivity index (χ3n) is 4.25. The Morgan fingerprint density at radius 1 is 1.19 bits per heavy atom. The fourth-order valence-corrected chi connectivity index (χ4v) is 2.81. The van der Waals surface area contributed by atoms with Gasteiger partial charge < -0.3 is 10.6 Å². The van der Waals surface area contributed by atoms with Gasteiger partial charge in [0.25, 0.3) is 5.91 Å². The number of aryl methyl sites for hydroxylation is 1. The number of benzene rings is 1. The standard InChI is InChI=1S/C11H11N3O.C8H11N3O/c12-11(15)10-6-7-14(13-10)8-9-4-2-1-3-5-9;1-10-7-4-5-9-11(7)6-2-3-8(10)12/h1-7H,8H2,(H2,12,15);4-5H,2-3,6H2,1H3. The SMILES string of the molecule is CN1C(=O)CCCn2nccc21.NC(=O)c1ccn(Cc2ccccc2)n1. The molecule has 4 rings (SSSR count). The highest BCUT2D eigenvalue weighted by Crippen LogP contribution is 2.17. The maximum absolute atomic E-state index is 11.4. The van der Waals surface area contributed by atoms with Crippen LogP contribution in [0.4, 0.5) is 5.82 Å². The number of nitrogens with two attached hydrogens (primary N) is 1. The van der Waals surface area contributed by atoms with Crippen molar-refractivity contribution < 1.29 is 9.59 Å². The van der Waals surface area contributed by atoms with Gasteiger partial charge in [-0.1, -0.05) is 30.3 Å². The van der Waals surface area contributed by atoms with E-state index in [2.05, 4.69) is 10.2 Å². The second-order valence-corrected chi connectivity index (χ2v) is 6.22. The third kappa shape index (κ3) is 4.60. The monoisotopic (exact) mass is 366 g/mol. The van der Waals surface area contributed by atoms with Gasteiger partial charge in [0.15, 0.2) is 0 Å². The Balaban J connectivity index is 0.000000159. The molecule has 1 aliphatic heterocycles. The van der Waals surface area contributed by atoms with Crippen LogP contribution in [-0.4, -0.2) is 38.4 Å². The number of fused-ring (bicyclic) bond motifs is 1. The van der Waals surface area contributed by atoms with E-state index in [0.717, 1.165) is 24.3 Å². The number of amides is 2. The summed E-state index contributed by atoms with van der Waals surface area (Å²) in [5.74, 6) is 0.577. The number of nitrogens with zero attached hydrogens (tertiary/aromatic N) is 5. The summed E-state index contributed by atoms with van der Waals surface area (Å²) in [4.78, 5) is 23.8. The van der Waals surface area contributed by atoms with Gasteiger partial charge >= 0.3 is 0 Å². The van der Waals surface area contributed by atoms with E-state index in [0.29, 0.717) is 18.7 Å². The van der Waals surface area contributed by atoms with Crippen LogP contribution in [0.15, 0.2) is 54.9 Å². The van der Waals surface area contributed by atoms with E-state index in [9.17, 15) is 9.59 Å². The number of carbonyl (C=O) groups is 2. The molecule has 0 aliphatic carbocycles. The quantitative estimate of drug-likeness (QED) is 0.762. The van der Waals surface area contributed by atoms with Crippen molar-refractivity contribution in [3.63, 3.8) is 0 Å². The van der Waals surface area contributed by atoms with Crippen molar-refractivity contribution in [1.82, 2.24) is 19.6 Å². The van der Waals surface area contributed by atoms with E-state index in [1.165, 1.54) is 0 Å². The Kier molecular flexibility index (Phi) is 5.65. The van der Waals surface area contributed by atoms with Crippen molar-refractivity contribution in [2.75, 3.05) is 11.9 Å². The summed E-state index contributed by atoms with van der Waals surface area (Å²) in [6.45, 7) is 1.49. The van der Waals surface area contributed by atoms with Gasteiger partial charge in [-0.2, -0.15) is 10.2 Å². The first-order valence-corrected chi connectivity index (χ1v) is 8.70. The first-order valence-electron chi connectivity index (χ1n) is 8.70. The normalized spacial score (nSPS) is 13.4. The number of rotatable bonds is 3. The Morgan fingerprint density at radius 3 is 2.67 bits per heavy atom. The van der Waals surface area contributed by atoms with Crippen LogP contribution in [0.3, 0.4) is 0 Å². The number of primary amides is 1. The Morgan fingerprint density at radius 2 is 1.96 bits per heavy atom. The number of hydrogen-bond donors (Lipinski definition) is 1. The van der Waals surface area contributed by atoms with Crippen molar-refractivity contribution in [2.45, 2.75) is 25.9 Å². The second kappa shape index (κ2) is 8.31. The van der Waals surface area contributed by atoms with Crippen LogP contribution in [0.25, 0.3) is 0 Å². The Hall–Kier alpha value is -3.42. The fraction of sp³-hybridized carbons (Fsp3) is 0.263. The molecule has 140 valence electrons. The van der Waals surface area contributed by atoms with Crippen LogP contribution in [0.2, 0.25) is 0 Å². The zero-order valence-electron chi connectivity index (χ0n) is 15.2. The maximum atomic E-state index is 11.4. The molecule has 0 saturated carbocycles. The zero-order valence-corrected chi connectivity index (χ0v) is 15.2. The molecule has 3 aromatic rings. The highest BCUT2D eigenvalue weighted by Gasteiger charge is 2.18. The molecule has 0 unspecified atom stereocenters. The molecule has 0 fully saturated rings. The summed E-state index contributed by atoms with van der Waals surface area (Å²) in [6.07, 6.45) is 4.98. The van der Waals surface area contributed by atoms with Gasteiger partial charge in [-0.25, -0.2) is 4.68 Å². The number of carbonyl (C=O) groups excluding carboxylic acids is 2. The summed E-state index contributed by atoms with van der Waals surface area (Å²) in [7, 11) is 1.79. The van der Waals surface area contributed by atoms with Gasteiger partial charge in [-0.15, -0.1) is 0 Å². The molecular weight excluding hydrogens is 344 g/mol. The molecule has 0 bridgehead atoms. The topological polar surface area (TPSA) is 99.0 Å². The average Bonchev–Trinajstić information content (AvgIpc) is 3.29. The number of aromatic nitrogens is 4. The van der Waals surface area contributed by atoms with Crippen LogP contribution in [0, 0.1) is 0 Å². The first kappa shape index (κ1) is 18.4. The smallest absolute Gasteiger partial charge is 0.269 e. The van der Waals surface area contributed by atoms with Crippen LogP contribution < -0.4 is 10.6 Å². The molecule has 0 radical (unpaired) electrons. The predicted molar refractivity (Wildman–Crippen MR) is 101 cm³/mol. The Bertz CT molecular complexity index is 915. The summed E-state index contributed by atoms with van der Waals surface area (Å²) in [6, 6.07) is 13.4. The van der Waals surface area contributed by atoms with E-state index >= 15 is 0 Å².